The van der Waals surface area contributed by atoms with Crippen molar-refractivity contribution in [2.45, 2.75) is 16.2 Å². The Labute approximate surface area is 154 Å². The van der Waals surface area contributed by atoms with Crippen LogP contribution in [0.2, 0.25) is 5.02 Å². The lowest BCUT2D eigenvalue weighted by Gasteiger charge is -2.07. The molecule has 0 fully saturated rings. The molecule has 0 heterocycles. The van der Waals surface area contributed by atoms with E-state index in [0.29, 0.717) is 29.5 Å². The fraction of sp³-hybridized carbons (Fsp3) is 0.235. The lowest BCUT2D eigenvalue weighted by molar-refractivity contribution is -0.387. The number of hydrogen-bond acceptors (Lipinski definition) is 5. The Hall–Kier alpha value is -2.09. The topological polar surface area (TPSA) is 81.5 Å². The zero-order valence-corrected chi connectivity index (χ0v) is 15.1. The lowest BCUT2D eigenvalue weighted by atomic mass is 10.2. The maximum absolute atomic E-state index is 12.1. The first-order valence-electron chi connectivity index (χ1n) is 7.50. The fourth-order valence-corrected chi connectivity index (χ4v) is 3.28. The number of nitrogens with zero attached hydrogens (tertiary/aromatic N) is 1. The van der Waals surface area contributed by atoms with Gasteiger partial charge < -0.3 is 10.1 Å². The van der Waals surface area contributed by atoms with Gasteiger partial charge >= 0.3 is 0 Å². The highest BCUT2D eigenvalue weighted by Crippen LogP contribution is 2.36. The van der Waals surface area contributed by atoms with Crippen molar-refractivity contribution in [1.29, 1.82) is 0 Å². The van der Waals surface area contributed by atoms with E-state index in [1.165, 1.54) is 17.8 Å². The van der Waals surface area contributed by atoms with E-state index in [1.54, 1.807) is 37.4 Å². The number of benzene rings is 2. The average molecular weight is 381 g/mol. The smallest absolute Gasteiger partial charge is 0.284 e. The third-order valence-corrected chi connectivity index (χ3v) is 4.54. The summed E-state index contributed by atoms with van der Waals surface area (Å²) in [5, 5.41) is 14.6. The zero-order chi connectivity index (χ0) is 18.2. The molecule has 0 radical (unpaired) electrons. The van der Waals surface area contributed by atoms with Crippen molar-refractivity contribution in [3.05, 3.63) is 63.2 Å². The van der Waals surface area contributed by atoms with Crippen LogP contribution in [0.15, 0.2) is 52.3 Å². The number of hydrogen-bond donors (Lipinski definition) is 1. The molecule has 0 bridgehead atoms. The van der Waals surface area contributed by atoms with Crippen LogP contribution in [0.1, 0.15) is 16.8 Å². The van der Waals surface area contributed by atoms with Crippen LogP contribution in [0.5, 0.6) is 0 Å². The molecule has 2 rings (SSSR count). The summed E-state index contributed by atoms with van der Waals surface area (Å²) in [7, 11) is 1.58. The Bertz CT molecular complexity index is 770. The number of carbonyl (C=O) groups excluding carboxylic acids is 1. The molecule has 0 aliphatic rings. The summed E-state index contributed by atoms with van der Waals surface area (Å²) in [5.41, 5.74) is 0.133. The Morgan fingerprint density at radius 1 is 1.32 bits per heavy atom. The number of nitrogens with one attached hydrogen (secondary N) is 1. The van der Waals surface area contributed by atoms with Gasteiger partial charge in [0.05, 0.1) is 9.82 Å². The SMILES string of the molecule is COCCCNC(=O)c1ccc(Sc2cccc(Cl)c2)c([N+](=O)[O-])c1. The third kappa shape index (κ3) is 5.74. The van der Waals surface area contributed by atoms with E-state index in [-0.39, 0.29) is 17.2 Å². The Morgan fingerprint density at radius 2 is 2.12 bits per heavy atom. The molecule has 6 nitrogen and oxygen atoms in total. The highest BCUT2D eigenvalue weighted by atomic mass is 35.5. The molecule has 1 N–H and O–H groups in total. The summed E-state index contributed by atoms with van der Waals surface area (Å²) in [4.78, 5) is 24.2. The van der Waals surface area contributed by atoms with Gasteiger partial charge in [-0.1, -0.05) is 29.4 Å². The Morgan fingerprint density at radius 3 is 2.80 bits per heavy atom. The molecule has 2 aromatic rings. The van der Waals surface area contributed by atoms with Crippen LogP contribution >= 0.6 is 23.4 Å². The second kappa shape index (κ2) is 9.41. The van der Waals surface area contributed by atoms with Gasteiger partial charge in [-0.2, -0.15) is 0 Å². The number of rotatable bonds is 8. The van der Waals surface area contributed by atoms with Crippen molar-refractivity contribution in [1.82, 2.24) is 5.32 Å². The molecule has 0 saturated heterocycles. The van der Waals surface area contributed by atoms with Crippen LogP contribution in [0, 0.1) is 10.1 Å². The highest BCUT2D eigenvalue weighted by molar-refractivity contribution is 7.99. The minimum Gasteiger partial charge on any atom is -0.385 e. The third-order valence-electron chi connectivity index (χ3n) is 3.25. The van der Waals surface area contributed by atoms with Gasteiger partial charge in [-0.05, 0) is 36.8 Å². The molecule has 8 heteroatoms. The van der Waals surface area contributed by atoms with Gasteiger partial charge in [0.1, 0.15) is 0 Å². The van der Waals surface area contributed by atoms with E-state index in [0.717, 1.165) is 4.90 Å². The van der Waals surface area contributed by atoms with Crippen molar-refractivity contribution >= 4 is 35.0 Å². The predicted octanol–water partition coefficient (Wildman–Crippen LogP) is 4.17. The molecule has 0 aliphatic carbocycles. The number of ether oxygens (including phenoxy) is 1. The van der Waals surface area contributed by atoms with Gasteiger partial charge in [0.25, 0.3) is 11.6 Å². The molecule has 1 amide bonds. The Balaban J connectivity index is 2.17. The summed E-state index contributed by atoms with van der Waals surface area (Å²) in [6.45, 7) is 0.981. The normalized spacial score (nSPS) is 10.5. The van der Waals surface area contributed by atoms with Crippen molar-refractivity contribution in [3.63, 3.8) is 0 Å². The summed E-state index contributed by atoms with van der Waals surface area (Å²) < 4.78 is 4.91. The summed E-state index contributed by atoms with van der Waals surface area (Å²) in [5.74, 6) is -0.349. The number of amides is 1. The monoisotopic (exact) mass is 380 g/mol. The number of nitro benzene ring substituents is 1. The maximum Gasteiger partial charge on any atom is 0.284 e. The number of methoxy groups -OCH3 is 1. The molecule has 132 valence electrons. The van der Waals surface area contributed by atoms with E-state index in [9.17, 15) is 14.9 Å². The molecule has 0 unspecified atom stereocenters. The second-order valence-corrected chi connectivity index (χ2v) is 6.65. The van der Waals surface area contributed by atoms with Crippen molar-refractivity contribution in [2.24, 2.45) is 0 Å². The van der Waals surface area contributed by atoms with Crippen LogP contribution < -0.4 is 5.32 Å². The van der Waals surface area contributed by atoms with Gasteiger partial charge in [-0.25, -0.2) is 0 Å². The van der Waals surface area contributed by atoms with Crippen LogP contribution in [-0.2, 0) is 4.74 Å². The van der Waals surface area contributed by atoms with Crippen molar-refractivity contribution in [2.75, 3.05) is 20.3 Å². The van der Waals surface area contributed by atoms with E-state index in [4.69, 9.17) is 16.3 Å². The zero-order valence-electron chi connectivity index (χ0n) is 13.5. The van der Waals surface area contributed by atoms with Crippen LogP contribution in [0.3, 0.4) is 0 Å². The minimum atomic E-state index is -0.491. The van der Waals surface area contributed by atoms with Gasteiger partial charge in [0.15, 0.2) is 0 Å². The summed E-state index contributed by atoms with van der Waals surface area (Å²) in [6.07, 6.45) is 0.674. The molecule has 25 heavy (non-hydrogen) atoms. The molecular weight excluding hydrogens is 364 g/mol. The van der Waals surface area contributed by atoms with E-state index in [1.807, 2.05) is 6.07 Å². The predicted molar refractivity (Wildman–Crippen MR) is 97.5 cm³/mol. The number of nitro groups is 1. The molecular formula is C17H17ClN2O4S. The van der Waals surface area contributed by atoms with Gasteiger partial charge in [-0.15, -0.1) is 0 Å². The van der Waals surface area contributed by atoms with Gasteiger partial charge in [0, 0.05) is 41.8 Å². The molecule has 2 aromatic carbocycles. The maximum atomic E-state index is 12.1. The van der Waals surface area contributed by atoms with E-state index < -0.39 is 4.92 Å². The van der Waals surface area contributed by atoms with Crippen molar-refractivity contribution in [3.8, 4) is 0 Å². The van der Waals surface area contributed by atoms with Crippen LogP contribution in [0.25, 0.3) is 0 Å². The number of halogens is 1. The molecule has 0 aliphatic heterocycles. The largest absolute Gasteiger partial charge is 0.385 e. The quantitative estimate of drug-likeness (QED) is 0.422. The minimum absolute atomic E-state index is 0.116. The fourth-order valence-electron chi connectivity index (χ4n) is 2.07. The molecule has 0 atom stereocenters. The first-order valence-corrected chi connectivity index (χ1v) is 8.69. The van der Waals surface area contributed by atoms with Crippen LogP contribution in [0.4, 0.5) is 5.69 Å². The standard InChI is InChI=1S/C17H17ClN2O4S/c1-24-9-3-8-19-17(21)12-6-7-16(15(10-12)20(22)23)25-14-5-2-4-13(18)11-14/h2,4-7,10-11H,3,8-9H2,1H3,(H,19,21). The van der Waals surface area contributed by atoms with E-state index >= 15 is 0 Å². The lowest BCUT2D eigenvalue weighted by Crippen LogP contribution is -2.25. The highest BCUT2D eigenvalue weighted by Gasteiger charge is 2.18. The summed E-state index contributed by atoms with van der Waals surface area (Å²) in [6, 6.07) is 11.5. The summed E-state index contributed by atoms with van der Waals surface area (Å²) >= 11 is 7.17. The van der Waals surface area contributed by atoms with Crippen LogP contribution in [-0.4, -0.2) is 31.1 Å². The molecule has 0 aromatic heterocycles. The molecule has 0 spiro atoms. The average Bonchev–Trinajstić information content (AvgIpc) is 2.58. The van der Waals surface area contributed by atoms with Gasteiger partial charge in [-0.3, -0.25) is 14.9 Å². The second-order valence-electron chi connectivity index (χ2n) is 5.10. The van der Waals surface area contributed by atoms with Crippen molar-refractivity contribution < 1.29 is 14.5 Å². The van der Waals surface area contributed by atoms with E-state index in [2.05, 4.69) is 5.32 Å². The van der Waals surface area contributed by atoms with Gasteiger partial charge in [0.2, 0.25) is 0 Å². The molecule has 0 saturated carbocycles. The number of carbonyl (C=O) groups is 1. The first-order chi connectivity index (χ1) is 12.0. The first kappa shape index (κ1) is 19.2. The Kier molecular flexibility index (Phi) is 7.24.